The number of amides is 1. The maximum absolute atomic E-state index is 13.1. The zero-order valence-electron chi connectivity index (χ0n) is 16.6. The molecule has 1 heterocycles. The van der Waals surface area contributed by atoms with Gasteiger partial charge in [0.1, 0.15) is 5.82 Å². The van der Waals surface area contributed by atoms with Gasteiger partial charge in [-0.3, -0.25) is 4.79 Å². The fourth-order valence-corrected chi connectivity index (χ4v) is 4.18. The Kier molecular flexibility index (Phi) is 5.47. The van der Waals surface area contributed by atoms with Gasteiger partial charge in [-0.2, -0.15) is 0 Å². The van der Waals surface area contributed by atoms with Gasteiger partial charge < -0.3 is 9.84 Å². The Labute approximate surface area is 170 Å². The van der Waals surface area contributed by atoms with E-state index in [-0.39, 0.29) is 22.8 Å². The molecular weight excluding hydrogens is 367 g/mol. The molecule has 2 aromatic carbocycles. The van der Waals surface area contributed by atoms with Crippen molar-refractivity contribution in [1.29, 1.82) is 0 Å². The van der Waals surface area contributed by atoms with Crippen LogP contribution in [-0.4, -0.2) is 17.6 Å². The molecule has 1 fully saturated rings. The summed E-state index contributed by atoms with van der Waals surface area (Å²) in [6.07, 6.45) is 5.71. The van der Waals surface area contributed by atoms with Crippen LogP contribution < -0.4 is 5.32 Å². The maximum atomic E-state index is 13.1. The highest BCUT2D eigenvalue weighted by atomic mass is 19.1. The number of nitrogens with zero attached hydrogens (tertiary/aromatic N) is 1. The molecule has 1 aliphatic rings. The molecule has 1 aliphatic carbocycles. The lowest BCUT2D eigenvalue weighted by Gasteiger charge is -2.38. The molecule has 0 radical (unpaired) electrons. The van der Waals surface area contributed by atoms with E-state index in [0.717, 1.165) is 12.8 Å². The first-order chi connectivity index (χ1) is 14.1. The molecule has 1 aromatic heterocycles. The quantitative estimate of drug-likeness (QED) is 0.631. The minimum absolute atomic E-state index is 0.0366. The van der Waals surface area contributed by atoms with E-state index >= 15 is 0 Å². The first-order valence-electron chi connectivity index (χ1n) is 10.1. The molecule has 0 spiro atoms. The van der Waals surface area contributed by atoms with Crippen molar-refractivity contribution in [3.63, 3.8) is 0 Å². The predicted molar refractivity (Wildman–Crippen MR) is 110 cm³/mol. The number of aromatic nitrogens is 1. The SMILES string of the molecule is Cc1ccc(C2(CNC(=O)c3cc(-c4ccc(F)cc4)on3)CCCCC2)cc1. The second kappa shape index (κ2) is 8.19. The second-order valence-electron chi connectivity index (χ2n) is 7.97. The Morgan fingerprint density at radius 3 is 2.45 bits per heavy atom. The normalized spacial score (nSPS) is 15.8. The van der Waals surface area contributed by atoms with Gasteiger partial charge in [-0.05, 0) is 49.6 Å². The number of halogens is 1. The number of benzene rings is 2. The average Bonchev–Trinajstić information content (AvgIpc) is 3.24. The number of carbonyl (C=O) groups is 1. The van der Waals surface area contributed by atoms with Crippen molar-refractivity contribution in [1.82, 2.24) is 10.5 Å². The Hall–Kier alpha value is -2.95. The smallest absolute Gasteiger partial charge is 0.273 e. The highest BCUT2D eigenvalue weighted by Crippen LogP contribution is 2.39. The van der Waals surface area contributed by atoms with Gasteiger partial charge in [0.25, 0.3) is 5.91 Å². The standard InChI is InChI=1S/C24H25FN2O2/c1-17-5-9-19(10-6-17)24(13-3-2-4-14-24)16-26-23(28)21-15-22(29-27-21)18-7-11-20(25)12-8-18/h5-12,15H,2-4,13-14,16H2,1H3,(H,26,28). The summed E-state index contributed by atoms with van der Waals surface area (Å²) >= 11 is 0. The van der Waals surface area contributed by atoms with Gasteiger partial charge >= 0.3 is 0 Å². The summed E-state index contributed by atoms with van der Waals surface area (Å²) in [4.78, 5) is 12.7. The van der Waals surface area contributed by atoms with E-state index in [2.05, 4.69) is 41.7 Å². The summed E-state index contributed by atoms with van der Waals surface area (Å²) in [5, 5.41) is 6.98. The number of nitrogens with one attached hydrogen (secondary N) is 1. The first kappa shape index (κ1) is 19.4. The van der Waals surface area contributed by atoms with Crippen LogP contribution in [-0.2, 0) is 5.41 Å². The molecule has 1 N–H and O–H groups in total. The molecule has 1 amide bonds. The summed E-state index contributed by atoms with van der Waals surface area (Å²) in [6.45, 7) is 2.66. The van der Waals surface area contributed by atoms with Crippen molar-refractivity contribution in [3.05, 3.63) is 77.2 Å². The lowest BCUT2D eigenvalue weighted by molar-refractivity contribution is 0.0927. The highest BCUT2D eigenvalue weighted by molar-refractivity contribution is 5.93. The molecule has 0 bridgehead atoms. The maximum Gasteiger partial charge on any atom is 0.273 e. The van der Waals surface area contributed by atoms with Crippen molar-refractivity contribution in [3.8, 4) is 11.3 Å². The largest absolute Gasteiger partial charge is 0.355 e. The van der Waals surface area contributed by atoms with E-state index in [1.807, 2.05) is 0 Å². The van der Waals surface area contributed by atoms with Crippen LogP contribution in [0.15, 0.2) is 59.1 Å². The third-order valence-corrected chi connectivity index (χ3v) is 5.93. The van der Waals surface area contributed by atoms with E-state index in [9.17, 15) is 9.18 Å². The van der Waals surface area contributed by atoms with Gasteiger partial charge in [0.05, 0.1) is 0 Å². The fraction of sp³-hybridized carbons (Fsp3) is 0.333. The summed E-state index contributed by atoms with van der Waals surface area (Å²) in [6, 6.07) is 16.2. The van der Waals surface area contributed by atoms with Crippen LogP contribution in [0.25, 0.3) is 11.3 Å². The fourth-order valence-electron chi connectivity index (χ4n) is 4.18. The van der Waals surface area contributed by atoms with Crippen LogP contribution in [0.3, 0.4) is 0 Å². The van der Waals surface area contributed by atoms with Crippen LogP contribution in [0.1, 0.15) is 53.7 Å². The van der Waals surface area contributed by atoms with Crippen LogP contribution in [0.4, 0.5) is 4.39 Å². The first-order valence-corrected chi connectivity index (χ1v) is 10.1. The molecular formula is C24H25FN2O2. The number of aryl methyl sites for hydroxylation is 1. The molecule has 0 atom stereocenters. The average molecular weight is 392 g/mol. The van der Waals surface area contributed by atoms with Crippen molar-refractivity contribution >= 4 is 5.91 Å². The van der Waals surface area contributed by atoms with Gasteiger partial charge in [0, 0.05) is 23.6 Å². The summed E-state index contributed by atoms with van der Waals surface area (Å²) in [5.41, 5.74) is 3.40. The number of hydrogen-bond donors (Lipinski definition) is 1. The number of rotatable bonds is 5. The summed E-state index contributed by atoms with van der Waals surface area (Å²) in [7, 11) is 0. The minimum Gasteiger partial charge on any atom is -0.355 e. The Morgan fingerprint density at radius 1 is 1.07 bits per heavy atom. The monoisotopic (exact) mass is 392 g/mol. The molecule has 0 unspecified atom stereocenters. The van der Waals surface area contributed by atoms with E-state index in [0.29, 0.717) is 17.9 Å². The van der Waals surface area contributed by atoms with Gasteiger partial charge in [-0.25, -0.2) is 4.39 Å². The number of hydrogen-bond acceptors (Lipinski definition) is 3. The molecule has 3 aromatic rings. The molecule has 29 heavy (non-hydrogen) atoms. The topological polar surface area (TPSA) is 55.1 Å². The number of carbonyl (C=O) groups excluding carboxylic acids is 1. The lowest BCUT2D eigenvalue weighted by Crippen LogP contribution is -2.42. The molecule has 4 rings (SSSR count). The van der Waals surface area contributed by atoms with Crippen LogP contribution in [0.2, 0.25) is 0 Å². The van der Waals surface area contributed by atoms with Crippen molar-refractivity contribution in [2.75, 3.05) is 6.54 Å². The van der Waals surface area contributed by atoms with E-state index < -0.39 is 0 Å². The second-order valence-corrected chi connectivity index (χ2v) is 7.97. The van der Waals surface area contributed by atoms with Gasteiger partial charge in [0.2, 0.25) is 0 Å². The molecule has 0 saturated heterocycles. The molecule has 4 nitrogen and oxygen atoms in total. The molecule has 1 saturated carbocycles. The van der Waals surface area contributed by atoms with Gasteiger partial charge in [-0.15, -0.1) is 0 Å². The lowest BCUT2D eigenvalue weighted by atomic mass is 9.69. The van der Waals surface area contributed by atoms with E-state index in [4.69, 9.17) is 4.52 Å². The Bertz CT molecular complexity index is 971. The van der Waals surface area contributed by atoms with Gasteiger partial charge in [0.15, 0.2) is 11.5 Å². The van der Waals surface area contributed by atoms with E-state index in [1.165, 1.54) is 42.5 Å². The molecule has 0 aliphatic heterocycles. The Balaban J connectivity index is 1.48. The third kappa shape index (κ3) is 4.24. The third-order valence-electron chi connectivity index (χ3n) is 5.93. The summed E-state index contributed by atoms with van der Waals surface area (Å²) in [5.74, 6) is -0.125. The zero-order valence-corrected chi connectivity index (χ0v) is 16.6. The van der Waals surface area contributed by atoms with Crippen LogP contribution in [0.5, 0.6) is 0 Å². The Morgan fingerprint density at radius 2 is 1.76 bits per heavy atom. The zero-order chi connectivity index (χ0) is 20.3. The van der Waals surface area contributed by atoms with Crippen molar-refractivity contribution < 1.29 is 13.7 Å². The van der Waals surface area contributed by atoms with Crippen LogP contribution in [0, 0.1) is 12.7 Å². The van der Waals surface area contributed by atoms with E-state index in [1.54, 1.807) is 18.2 Å². The summed E-state index contributed by atoms with van der Waals surface area (Å²) < 4.78 is 18.4. The van der Waals surface area contributed by atoms with Crippen molar-refractivity contribution in [2.45, 2.75) is 44.4 Å². The predicted octanol–water partition coefficient (Wildman–Crippen LogP) is 5.42. The molecule has 5 heteroatoms. The minimum atomic E-state index is -0.319. The van der Waals surface area contributed by atoms with Gasteiger partial charge in [-0.1, -0.05) is 54.2 Å². The van der Waals surface area contributed by atoms with Crippen molar-refractivity contribution in [2.24, 2.45) is 0 Å². The highest BCUT2D eigenvalue weighted by Gasteiger charge is 2.34. The van der Waals surface area contributed by atoms with Crippen LogP contribution >= 0.6 is 0 Å². The molecule has 150 valence electrons.